The van der Waals surface area contributed by atoms with Crippen molar-refractivity contribution in [3.63, 3.8) is 0 Å². The molecule has 0 saturated carbocycles. The van der Waals surface area contributed by atoms with E-state index in [1.807, 2.05) is 55.5 Å². The standard InChI is InChI=1S/C19H21N3O3/c1-3-21-15-9-5-6-10-16(15)22(19(21)24)13-18(23)20-12-14-8-4-7-11-17(14)25-2/h4-11H,3,12-13H2,1-2H3,(H,20,23). The zero-order chi connectivity index (χ0) is 17.8. The van der Waals surface area contributed by atoms with E-state index in [2.05, 4.69) is 5.32 Å². The summed E-state index contributed by atoms with van der Waals surface area (Å²) in [4.78, 5) is 24.9. The number of carbonyl (C=O) groups is 1. The van der Waals surface area contributed by atoms with Crippen LogP contribution in [-0.4, -0.2) is 22.2 Å². The average molecular weight is 339 g/mol. The van der Waals surface area contributed by atoms with Gasteiger partial charge in [0.2, 0.25) is 5.91 Å². The minimum absolute atomic E-state index is 0.0124. The fourth-order valence-corrected chi connectivity index (χ4v) is 2.97. The molecule has 6 heteroatoms. The third-order valence-corrected chi connectivity index (χ3v) is 4.21. The first kappa shape index (κ1) is 16.8. The second-order valence-corrected chi connectivity index (χ2v) is 5.69. The van der Waals surface area contributed by atoms with Crippen molar-refractivity contribution >= 4 is 16.9 Å². The Morgan fingerprint density at radius 1 is 1.04 bits per heavy atom. The summed E-state index contributed by atoms with van der Waals surface area (Å²) in [5, 5.41) is 2.85. The number of amides is 1. The molecule has 0 saturated heterocycles. The van der Waals surface area contributed by atoms with Gasteiger partial charge in [-0.3, -0.25) is 13.9 Å². The van der Waals surface area contributed by atoms with Crippen LogP contribution in [0.4, 0.5) is 0 Å². The van der Waals surface area contributed by atoms with Crippen LogP contribution in [0.3, 0.4) is 0 Å². The van der Waals surface area contributed by atoms with E-state index in [-0.39, 0.29) is 18.1 Å². The van der Waals surface area contributed by atoms with Gasteiger partial charge in [0.15, 0.2) is 0 Å². The summed E-state index contributed by atoms with van der Waals surface area (Å²) < 4.78 is 8.46. The number of imidazole rings is 1. The maximum Gasteiger partial charge on any atom is 0.329 e. The Hall–Kier alpha value is -3.02. The van der Waals surface area contributed by atoms with Crippen LogP contribution in [0.5, 0.6) is 5.75 Å². The predicted octanol–water partition coefficient (Wildman–Crippen LogP) is 2.15. The molecule has 0 aliphatic rings. The molecule has 1 heterocycles. The summed E-state index contributed by atoms with van der Waals surface area (Å²) in [5.74, 6) is 0.509. The highest BCUT2D eigenvalue weighted by atomic mass is 16.5. The number of carbonyl (C=O) groups excluding carboxylic acids is 1. The van der Waals surface area contributed by atoms with Crippen molar-refractivity contribution in [2.45, 2.75) is 26.6 Å². The molecule has 0 fully saturated rings. The van der Waals surface area contributed by atoms with Crippen LogP contribution >= 0.6 is 0 Å². The number of nitrogens with zero attached hydrogens (tertiary/aromatic N) is 2. The fourth-order valence-electron chi connectivity index (χ4n) is 2.97. The molecule has 0 aliphatic carbocycles. The van der Waals surface area contributed by atoms with Crippen LogP contribution in [0, 0.1) is 0 Å². The Morgan fingerprint density at radius 2 is 1.68 bits per heavy atom. The van der Waals surface area contributed by atoms with Crippen LogP contribution in [0.15, 0.2) is 53.3 Å². The Morgan fingerprint density at radius 3 is 2.36 bits per heavy atom. The molecule has 0 atom stereocenters. The van der Waals surface area contributed by atoms with Gasteiger partial charge in [-0.2, -0.15) is 0 Å². The van der Waals surface area contributed by atoms with Crippen molar-refractivity contribution in [2.75, 3.05) is 7.11 Å². The SMILES string of the molecule is CCn1c(=O)n(CC(=O)NCc2ccccc2OC)c2ccccc21. The Bertz CT molecular complexity index is 956. The maximum absolute atomic E-state index is 12.6. The third kappa shape index (κ3) is 3.28. The number of hydrogen-bond donors (Lipinski definition) is 1. The quantitative estimate of drug-likeness (QED) is 0.748. The molecule has 0 unspecified atom stereocenters. The van der Waals surface area contributed by atoms with Gasteiger partial charge in [0.1, 0.15) is 12.3 Å². The lowest BCUT2D eigenvalue weighted by Gasteiger charge is -2.10. The van der Waals surface area contributed by atoms with Crippen LogP contribution in [0.25, 0.3) is 11.0 Å². The van der Waals surface area contributed by atoms with Crippen molar-refractivity contribution in [1.29, 1.82) is 0 Å². The zero-order valence-electron chi connectivity index (χ0n) is 14.4. The van der Waals surface area contributed by atoms with E-state index in [9.17, 15) is 9.59 Å². The number of rotatable bonds is 6. The van der Waals surface area contributed by atoms with Crippen LogP contribution in [-0.2, 0) is 24.4 Å². The molecule has 0 bridgehead atoms. The van der Waals surface area contributed by atoms with Crippen LogP contribution in [0.2, 0.25) is 0 Å². The number of ether oxygens (including phenoxy) is 1. The molecule has 6 nitrogen and oxygen atoms in total. The summed E-state index contributed by atoms with van der Waals surface area (Å²) in [6.07, 6.45) is 0. The van der Waals surface area contributed by atoms with Gasteiger partial charge in [0.25, 0.3) is 0 Å². The molecule has 0 radical (unpaired) electrons. The van der Waals surface area contributed by atoms with Crippen molar-refractivity contribution < 1.29 is 9.53 Å². The highest BCUT2D eigenvalue weighted by Gasteiger charge is 2.14. The van der Waals surface area contributed by atoms with Gasteiger partial charge in [-0.15, -0.1) is 0 Å². The molecule has 1 aromatic heterocycles. The minimum Gasteiger partial charge on any atom is -0.496 e. The molecule has 3 aromatic rings. The van der Waals surface area contributed by atoms with Gasteiger partial charge in [-0.05, 0) is 25.1 Å². The number of nitrogens with one attached hydrogen (secondary N) is 1. The molecular weight excluding hydrogens is 318 g/mol. The lowest BCUT2D eigenvalue weighted by molar-refractivity contribution is -0.121. The summed E-state index contributed by atoms with van der Waals surface area (Å²) in [6, 6.07) is 15.0. The summed E-state index contributed by atoms with van der Waals surface area (Å²) >= 11 is 0. The van der Waals surface area contributed by atoms with Crippen molar-refractivity contribution in [2.24, 2.45) is 0 Å². The smallest absolute Gasteiger partial charge is 0.329 e. The lowest BCUT2D eigenvalue weighted by Crippen LogP contribution is -2.32. The van der Waals surface area contributed by atoms with Gasteiger partial charge in [0.05, 0.1) is 18.1 Å². The first-order chi connectivity index (χ1) is 12.2. The first-order valence-electron chi connectivity index (χ1n) is 8.22. The Labute approximate surface area is 145 Å². The minimum atomic E-state index is -0.216. The van der Waals surface area contributed by atoms with E-state index < -0.39 is 0 Å². The number of hydrogen-bond acceptors (Lipinski definition) is 3. The van der Waals surface area contributed by atoms with Gasteiger partial charge in [-0.25, -0.2) is 4.79 Å². The molecule has 3 rings (SSSR count). The largest absolute Gasteiger partial charge is 0.496 e. The molecule has 0 aliphatic heterocycles. The lowest BCUT2D eigenvalue weighted by atomic mass is 10.2. The molecule has 1 amide bonds. The monoisotopic (exact) mass is 339 g/mol. The normalized spacial score (nSPS) is 10.8. The highest BCUT2D eigenvalue weighted by molar-refractivity contribution is 5.81. The number of aromatic nitrogens is 2. The second-order valence-electron chi connectivity index (χ2n) is 5.69. The zero-order valence-corrected chi connectivity index (χ0v) is 14.4. The molecule has 25 heavy (non-hydrogen) atoms. The number of fused-ring (bicyclic) bond motifs is 1. The Kier molecular flexibility index (Phi) is 4.88. The molecule has 130 valence electrons. The molecule has 2 aromatic carbocycles. The van der Waals surface area contributed by atoms with Crippen molar-refractivity contribution in [1.82, 2.24) is 14.5 Å². The summed E-state index contributed by atoms with van der Waals surface area (Å²) in [7, 11) is 1.60. The number of aryl methyl sites for hydroxylation is 1. The molecule has 0 spiro atoms. The maximum atomic E-state index is 12.6. The van der Waals surface area contributed by atoms with Crippen molar-refractivity contribution in [3.8, 4) is 5.75 Å². The summed E-state index contributed by atoms with van der Waals surface area (Å²) in [5.41, 5.74) is 2.33. The van der Waals surface area contributed by atoms with E-state index in [4.69, 9.17) is 4.74 Å². The topological polar surface area (TPSA) is 65.3 Å². The molecular formula is C19H21N3O3. The Balaban J connectivity index is 1.79. The average Bonchev–Trinajstić information content (AvgIpc) is 2.91. The highest BCUT2D eigenvalue weighted by Crippen LogP contribution is 2.17. The fraction of sp³-hybridized carbons (Fsp3) is 0.263. The second kappa shape index (κ2) is 7.25. The number of methoxy groups -OCH3 is 1. The van der Waals surface area contributed by atoms with Gasteiger partial charge < -0.3 is 10.1 Å². The van der Waals surface area contributed by atoms with Crippen molar-refractivity contribution in [3.05, 3.63) is 64.6 Å². The molecule has 1 N–H and O–H groups in total. The predicted molar refractivity (Wildman–Crippen MR) is 96.7 cm³/mol. The van der Waals surface area contributed by atoms with E-state index in [0.29, 0.717) is 13.1 Å². The number of para-hydroxylation sites is 3. The van der Waals surface area contributed by atoms with Gasteiger partial charge >= 0.3 is 5.69 Å². The first-order valence-corrected chi connectivity index (χ1v) is 8.22. The van der Waals surface area contributed by atoms with Crippen LogP contribution in [0.1, 0.15) is 12.5 Å². The van der Waals surface area contributed by atoms with Gasteiger partial charge in [-0.1, -0.05) is 30.3 Å². The third-order valence-electron chi connectivity index (χ3n) is 4.21. The van der Waals surface area contributed by atoms with E-state index in [1.165, 1.54) is 4.57 Å². The van der Waals surface area contributed by atoms with E-state index in [0.717, 1.165) is 22.3 Å². The van der Waals surface area contributed by atoms with E-state index >= 15 is 0 Å². The summed E-state index contributed by atoms with van der Waals surface area (Å²) in [6.45, 7) is 2.82. The van der Waals surface area contributed by atoms with Crippen LogP contribution < -0.4 is 15.7 Å². The van der Waals surface area contributed by atoms with Gasteiger partial charge in [0, 0.05) is 18.7 Å². The number of benzene rings is 2. The van der Waals surface area contributed by atoms with E-state index in [1.54, 1.807) is 11.7 Å².